The van der Waals surface area contributed by atoms with Gasteiger partial charge in [-0.15, -0.1) is 6.58 Å². The second-order valence-corrected chi connectivity index (χ2v) is 1.69. The van der Waals surface area contributed by atoms with Crippen LogP contribution in [0.5, 0.6) is 0 Å². The van der Waals surface area contributed by atoms with E-state index in [0.29, 0.717) is 6.41 Å². The maximum atomic E-state index is 9.51. The molecule has 2 nitrogen and oxygen atoms in total. The van der Waals surface area contributed by atoms with Crippen molar-refractivity contribution < 1.29 is 4.79 Å². The molecule has 0 aliphatic carbocycles. The summed E-state index contributed by atoms with van der Waals surface area (Å²) in [6, 6.07) is 0. The van der Waals surface area contributed by atoms with Crippen molar-refractivity contribution in [2.45, 2.75) is 0 Å². The molecule has 0 bridgehead atoms. The monoisotopic (exact) mass is 117 g/mol. The van der Waals surface area contributed by atoms with E-state index in [2.05, 4.69) is 11.3 Å². The van der Waals surface area contributed by atoms with E-state index in [-0.39, 0.29) is 0 Å². The maximum Gasteiger partial charge on any atom is 0.216 e. The Kier molecular flexibility index (Phi) is 5.21. The summed E-state index contributed by atoms with van der Waals surface area (Å²) in [6.07, 6.45) is 2.37. The number of carbonyl (C=O) groups is 1. The first kappa shape index (κ1) is 6.56. The van der Waals surface area contributed by atoms with Crippen molar-refractivity contribution in [3.8, 4) is 0 Å². The minimum atomic E-state index is 0.647. The minimum absolute atomic E-state index is 0.647. The Morgan fingerprint density at radius 2 is 2.57 bits per heavy atom. The Labute approximate surface area is 47.1 Å². The molecule has 0 saturated carbocycles. The molecule has 0 aliphatic rings. The second-order valence-electron chi connectivity index (χ2n) is 0.835. The van der Waals surface area contributed by atoms with Crippen LogP contribution in [0.25, 0.3) is 0 Å². The van der Waals surface area contributed by atoms with E-state index in [1.165, 1.54) is 11.9 Å². The highest BCUT2D eigenvalue weighted by Gasteiger charge is 1.73. The van der Waals surface area contributed by atoms with Crippen molar-refractivity contribution in [2.24, 2.45) is 0 Å². The number of nitrogens with one attached hydrogen (secondary N) is 1. The Morgan fingerprint density at radius 1 is 1.86 bits per heavy atom. The quantitative estimate of drug-likeness (QED) is 0.252. The largest absolute Gasteiger partial charge is 0.303 e. The first-order chi connectivity index (χ1) is 3.41. The number of hydrogen-bond acceptors (Lipinski definition) is 2. The second kappa shape index (κ2) is 5.56. The Hall–Kier alpha value is -0.440. The van der Waals surface area contributed by atoms with E-state index in [1.807, 2.05) is 0 Å². The predicted molar refractivity (Wildman–Crippen MR) is 31.9 cm³/mol. The van der Waals surface area contributed by atoms with Gasteiger partial charge in [-0.25, -0.2) is 0 Å². The van der Waals surface area contributed by atoms with Crippen LogP contribution in [-0.4, -0.2) is 12.2 Å². The smallest absolute Gasteiger partial charge is 0.216 e. The summed E-state index contributed by atoms with van der Waals surface area (Å²) in [5, 5.41) is 0. The molecule has 0 atom stereocenters. The molecule has 0 spiro atoms. The summed E-state index contributed by atoms with van der Waals surface area (Å²) < 4.78 is 2.41. The highest BCUT2D eigenvalue weighted by molar-refractivity contribution is 7.97. The van der Waals surface area contributed by atoms with E-state index >= 15 is 0 Å². The molecule has 1 amide bonds. The lowest BCUT2D eigenvalue weighted by atomic mass is 10.8. The Bertz CT molecular complexity index is 56.7. The van der Waals surface area contributed by atoms with Crippen LogP contribution in [0.2, 0.25) is 0 Å². The van der Waals surface area contributed by atoms with Gasteiger partial charge in [0.1, 0.15) is 0 Å². The molecule has 0 saturated heterocycles. The molecule has 0 heterocycles. The van der Waals surface area contributed by atoms with Crippen molar-refractivity contribution in [1.82, 2.24) is 4.72 Å². The maximum absolute atomic E-state index is 9.51. The number of rotatable bonds is 4. The van der Waals surface area contributed by atoms with Gasteiger partial charge in [-0.3, -0.25) is 4.79 Å². The summed E-state index contributed by atoms with van der Waals surface area (Å²) >= 11 is 1.32. The van der Waals surface area contributed by atoms with Gasteiger partial charge in [-0.05, 0) is 11.9 Å². The topological polar surface area (TPSA) is 29.1 Å². The van der Waals surface area contributed by atoms with Crippen LogP contribution < -0.4 is 4.72 Å². The standard InChI is InChI=1S/C4H7NOS/c1-2-3-7-5-4-6/h2,4H,1,3H2,(H,5,6). The summed E-state index contributed by atoms with van der Waals surface area (Å²) in [5.41, 5.74) is 0. The SMILES string of the molecule is C=CCSNC=O. The van der Waals surface area contributed by atoms with Gasteiger partial charge < -0.3 is 4.72 Å². The van der Waals surface area contributed by atoms with Crippen LogP contribution in [0, 0.1) is 0 Å². The normalized spacial score (nSPS) is 7.43. The molecule has 0 aromatic rings. The fraction of sp³-hybridized carbons (Fsp3) is 0.250. The van der Waals surface area contributed by atoms with Crippen molar-refractivity contribution in [3.63, 3.8) is 0 Å². The van der Waals surface area contributed by atoms with Gasteiger partial charge in [0.2, 0.25) is 6.41 Å². The van der Waals surface area contributed by atoms with E-state index < -0.39 is 0 Å². The van der Waals surface area contributed by atoms with Crippen molar-refractivity contribution >= 4 is 18.4 Å². The average molecular weight is 117 g/mol. The van der Waals surface area contributed by atoms with Gasteiger partial charge in [0, 0.05) is 5.75 Å². The third-order valence-electron chi connectivity index (χ3n) is 0.333. The lowest BCUT2D eigenvalue weighted by Crippen LogP contribution is -1.97. The van der Waals surface area contributed by atoms with Crippen molar-refractivity contribution in [3.05, 3.63) is 12.7 Å². The molecule has 40 valence electrons. The number of hydrogen-bond donors (Lipinski definition) is 1. The third kappa shape index (κ3) is 5.56. The van der Waals surface area contributed by atoms with Crippen molar-refractivity contribution in [2.75, 3.05) is 5.75 Å². The van der Waals surface area contributed by atoms with Crippen molar-refractivity contribution in [1.29, 1.82) is 0 Å². The molecule has 0 radical (unpaired) electrons. The summed E-state index contributed by atoms with van der Waals surface area (Å²) in [5.74, 6) is 0.763. The number of amides is 1. The third-order valence-corrected chi connectivity index (χ3v) is 0.998. The van der Waals surface area contributed by atoms with E-state index in [1.54, 1.807) is 6.08 Å². The van der Waals surface area contributed by atoms with Gasteiger partial charge >= 0.3 is 0 Å². The Balaban J connectivity index is 2.68. The molecule has 0 fully saturated rings. The van der Waals surface area contributed by atoms with Gasteiger partial charge in [-0.1, -0.05) is 6.08 Å². The first-order valence-corrected chi connectivity index (χ1v) is 2.82. The molecule has 0 rings (SSSR count). The summed E-state index contributed by atoms with van der Waals surface area (Å²) in [7, 11) is 0. The molecule has 7 heavy (non-hydrogen) atoms. The molecular formula is C4H7NOS. The fourth-order valence-electron chi connectivity index (χ4n) is 0.141. The van der Waals surface area contributed by atoms with Gasteiger partial charge in [0.25, 0.3) is 0 Å². The molecule has 1 N–H and O–H groups in total. The lowest BCUT2D eigenvalue weighted by Gasteiger charge is -1.86. The fourth-order valence-corrected chi connectivity index (χ4v) is 0.423. The number of carbonyl (C=O) groups excluding carboxylic acids is 1. The van der Waals surface area contributed by atoms with Crippen LogP contribution in [-0.2, 0) is 4.79 Å². The molecule has 0 unspecified atom stereocenters. The molecular weight excluding hydrogens is 110 g/mol. The van der Waals surface area contributed by atoms with E-state index in [0.717, 1.165) is 5.75 Å². The van der Waals surface area contributed by atoms with Crippen LogP contribution in [0.3, 0.4) is 0 Å². The molecule has 0 aromatic heterocycles. The zero-order valence-corrected chi connectivity index (χ0v) is 4.70. The molecule has 0 aromatic carbocycles. The van der Waals surface area contributed by atoms with Crippen LogP contribution in [0.1, 0.15) is 0 Å². The highest BCUT2D eigenvalue weighted by Crippen LogP contribution is 1.87. The molecule has 3 heteroatoms. The Morgan fingerprint density at radius 3 is 3.00 bits per heavy atom. The van der Waals surface area contributed by atoms with Crippen LogP contribution in [0.4, 0.5) is 0 Å². The predicted octanol–water partition coefficient (Wildman–Crippen LogP) is 0.567. The van der Waals surface area contributed by atoms with Crippen LogP contribution in [0.15, 0.2) is 12.7 Å². The van der Waals surface area contributed by atoms with Crippen LogP contribution >= 0.6 is 11.9 Å². The molecule has 0 aliphatic heterocycles. The zero-order chi connectivity index (χ0) is 5.54. The zero-order valence-electron chi connectivity index (χ0n) is 3.89. The van der Waals surface area contributed by atoms with E-state index in [9.17, 15) is 4.79 Å². The minimum Gasteiger partial charge on any atom is -0.303 e. The highest BCUT2D eigenvalue weighted by atomic mass is 32.2. The van der Waals surface area contributed by atoms with Gasteiger partial charge in [0.05, 0.1) is 0 Å². The average Bonchev–Trinajstić information content (AvgIpc) is 1.69. The first-order valence-electron chi connectivity index (χ1n) is 1.83. The summed E-state index contributed by atoms with van der Waals surface area (Å²) in [6.45, 7) is 3.46. The van der Waals surface area contributed by atoms with E-state index in [4.69, 9.17) is 0 Å². The van der Waals surface area contributed by atoms with Gasteiger partial charge in [0.15, 0.2) is 0 Å². The summed E-state index contributed by atoms with van der Waals surface area (Å²) in [4.78, 5) is 9.51. The lowest BCUT2D eigenvalue weighted by molar-refractivity contribution is -0.107. The van der Waals surface area contributed by atoms with Gasteiger partial charge in [-0.2, -0.15) is 0 Å².